The number of hydrogen-bond acceptors (Lipinski definition) is 4. The van der Waals surface area contributed by atoms with Crippen molar-refractivity contribution < 1.29 is 4.79 Å². The Morgan fingerprint density at radius 2 is 2.26 bits per heavy atom. The number of carbonyl (C=O) groups excluding carboxylic acids is 1. The average molecular weight is 259 g/mol. The lowest BCUT2D eigenvalue weighted by Gasteiger charge is -2.13. The molecule has 0 spiro atoms. The molecular formula is C13H17N5O. The Labute approximate surface area is 111 Å². The Morgan fingerprint density at radius 1 is 1.47 bits per heavy atom. The van der Waals surface area contributed by atoms with E-state index in [2.05, 4.69) is 15.3 Å². The molecule has 6 heteroatoms. The number of nitrogen functional groups attached to an aromatic ring is 1. The third-order valence-corrected chi connectivity index (χ3v) is 2.71. The fourth-order valence-corrected chi connectivity index (χ4v) is 1.69. The molecule has 0 aliphatic carbocycles. The van der Waals surface area contributed by atoms with Crippen molar-refractivity contribution in [3.63, 3.8) is 0 Å². The van der Waals surface area contributed by atoms with Crippen molar-refractivity contribution in [2.45, 2.75) is 6.54 Å². The lowest BCUT2D eigenvalue weighted by Crippen LogP contribution is -2.21. The van der Waals surface area contributed by atoms with E-state index in [0.717, 1.165) is 11.5 Å². The van der Waals surface area contributed by atoms with Gasteiger partial charge >= 0.3 is 0 Å². The van der Waals surface area contributed by atoms with E-state index < -0.39 is 0 Å². The summed E-state index contributed by atoms with van der Waals surface area (Å²) in [6.07, 6.45) is 3.46. The zero-order chi connectivity index (χ0) is 13.8. The Bertz CT molecular complexity index is 562. The van der Waals surface area contributed by atoms with Crippen molar-refractivity contribution in [1.29, 1.82) is 0 Å². The van der Waals surface area contributed by atoms with Crippen LogP contribution in [0.5, 0.6) is 0 Å². The molecule has 0 aliphatic heterocycles. The Balaban J connectivity index is 2.09. The van der Waals surface area contributed by atoms with Crippen molar-refractivity contribution in [3.8, 4) is 0 Å². The summed E-state index contributed by atoms with van der Waals surface area (Å²) in [7, 11) is 3.42. The summed E-state index contributed by atoms with van der Waals surface area (Å²) >= 11 is 0. The summed E-state index contributed by atoms with van der Waals surface area (Å²) in [5.74, 6) is 0.761. The SMILES string of the molecule is CN(C)C(=O)c1ccc(NCc2ncc[nH]2)c(N)c1. The summed E-state index contributed by atoms with van der Waals surface area (Å²) in [6.45, 7) is 0.554. The second-order valence-corrected chi connectivity index (χ2v) is 4.39. The molecule has 1 aromatic heterocycles. The number of rotatable bonds is 4. The normalized spacial score (nSPS) is 10.2. The predicted octanol–water partition coefficient (Wildman–Crippen LogP) is 1.31. The standard InChI is InChI=1S/C13H17N5O/c1-18(2)13(19)9-3-4-11(10(14)7-9)17-8-12-15-5-6-16-12/h3-7,17H,8,14H2,1-2H3,(H,15,16). The van der Waals surface area contributed by atoms with Gasteiger partial charge in [0.1, 0.15) is 5.82 Å². The van der Waals surface area contributed by atoms with Crippen LogP contribution in [0, 0.1) is 0 Å². The highest BCUT2D eigenvalue weighted by molar-refractivity contribution is 5.95. The molecule has 0 atom stereocenters. The highest BCUT2D eigenvalue weighted by Gasteiger charge is 2.09. The largest absolute Gasteiger partial charge is 0.397 e. The van der Waals surface area contributed by atoms with E-state index in [1.54, 1.807) is 44.7 Å². The molecule has 0 radical (unpaired) electrons. The zero-order valence-corrected chi connectivity index (χ0v) is 11.0. The van der Waals surface area contributed by atoms with E-state index in [1.807, 2.05) is 0 Å². The molecule has 0 saturated carbocycles. The molecule has 1 heterocycles. The molecule has 0 unspecified atom stereocenters. The molecule has 0 fully saturated rings. The molecule has 6 nitrogen and oxygen atoms in total. The van der Waals surface area contributed by atoms with Gasteiger partial charge < -0.3 is 20.9 Å². The summed E-state index contributed by atoms with van der Waals surface area (Å²) in [5, 5.41) is 3.17. The van der Waals surface area contributed by atoms with Crippen molar-refractivity contribution in [1.82, 2.24) is 14.9 Å². The first-order chi connectivity index (χ1) is 9.08. The number of nitrogens with two attached hydrogens (primary N) is 1. The molecule has 2 aromatic rings. The summed E-state index contributed by atoms with van der Waals surface area (Å²) < 4.78 is 0. The smallest absolute Gasteiger partial charge is 0.253 e. The number of imidazole rings is 1. The van der Waals surface area contributed by atoms with Crippen LogP contribution in [0.25, 0.3) is 0 Å². The first-order valence-electron chi connectivity index (χ1n) is 5.91. The highest BCUT2D eigenvalue weighted by Crippen LogP contribution is 2.20. The van der Waals surface area contributed by atoms with Crippen molar-refractivity contribution >= 4 is 17.3 Å². The second kappa shape index (κ2) is 5.43. The number of hydrogen-bond donors (Lipinski definition) is 3. The first-order valence-corrected chi connectivity index (χ1v) is 5.91. The average Bonchev–Trinajstić information content (AvgIpc) is 2.89. The van der Waals surface area contributed by atoms with Gasteiger partial charge in [0, 0.05) is 32.1 Å². The minimum atomic E-state index is -0.0655. The van der Waals surface area contributed by atoms with Gasteiger partial charge in [-0.05, 0) is 18.2 Å². The van der Waals surface area contributed by atoms with Crippen LogP contribution in [-0.4, -0.2) is 34.9 Å². The second-order valence-electron chi connectivity index (χ2n) is 4.39. The van der Waals surface area contributed by atoms with Gasteiger partial charge in [0.15, 0.2) is 0 Å². The molecule has 2 rings (SSSR count). The number of anilines is 2. The van der Waals surface area contributed by atoms with Crippen molar-refractivity contribution in [2.24, 2.45) is 0 Å². The maximum atomic E-state index is 11.8. The van der Waals surface area contributed by atoms with Crippen LogP contribution in [-0.2, 0) is 6.54 Å². The van der Waals surface area contributed by atoms with Gasteiger partial charge in [0.2, 0.25) is 0 Å². The fraction of sp³-hybridized carbons (Fsp3) is 0.231. The topological polar surface area (TPSA) is 87.0 Å². The summed E-state index contributed by atoms with van der Waals surface area (Å²) in [6, 6.07) is 5.23. The minimum Gasteiger partial charge on any atom is -0.397 e. The maximum absolute atomic E-state index is 11.8. The number of nitrogens with one attached hydrogen (secondary N) is 2. The van der Waals surface area contributed by atoms with E-state index in [1.165, 1.54) is 4.90 Å². The Morgan fingerprint density at radius 3 is 2.84 bits per heavy atom. The molecular weight excluding hydrogens is 242 g/mol. The van der Waals surface area contributed by atoms with E-state index in [9.17, 15) is 4.79 Å². The lowest BCUT2D eigenvalue weighted by atomic mass is 10.1. The van der Waals surface area contributed by atoms with Crippen molar-refractivity contribution in [2.75, 3.05) is 25.1 Å². The molecule has 1 amide bonds. The number of aromatic nitrogens is 2. The van der Waals surface area contributed by atoms with E-state index >= 15 is 0 Å². The fourth-order valence-electron chi connectivity index (χ4n) is 1.69. The van der Waals surface area contributed by atoms with Crippen LogP contribution >= 0.6 is 0 Å². The van der Waals surface area contributed by atoms with Crippen LogP contribution in [0.1, 0.15) is 16.2 Å². The minimum absolute atomic E-state index is 0.0655. The molecule has 4 N–H and O–H groups in total. The molecule has 0 saturated heterocycles. The van der Waals surface area contributed by atoms with E-state index in [4.69, 9.17) is 5.73 Å². The van der Waals surface area contributed by atoms with Crippen LogP contribution in [0.2, 0.25) is 0 Å². The van der Waals surface area contributed by atoms with Gasteiger partial charge in [-0.15, -0.1) is 0 Å². The number of carbonyl (C=O) groups is 1. The van der Waals surface area contributed by atoms with Crippen molar-refractivity contribution in [3.05, 3.63) is 42.0 Å². The molecule has 19 heavy (non-hydrogen) atoms. The third kappa shape index (κ3) is 3.04. The van der Waals surface area contributed by atoms with E-state index in [-0.39, 0.29) is 5.91 Å². The van der Waals surface area contributed by atoms with Gasteiger partial charge in [-0.1, -0.05) is 0 Å². The Hall–Kier alpha value is -2.50. The molecule has 100 valence electrons. The Kier molecular flexibility index (Phi) is 3.70. The number of H-pyrrole nitrogens is 1. The number of amides is 1. The van der Waals surface area contributed by atoms with E-state index in [0.29, 0.717) is 17.8 Å². The predicted molar refractivity (Wildman–Crippen MR) is 74.8 cm³/mol. The highest BCUT2D eigenvalue weighted by atomic mass is 16.2. The molecule has 1 aromatic carbocycles. The monoisotopic (exact) mass is 259 g/mol. The van der Waals surface area contributed by atoms with Crippen LogP contribution < -0.4 is 11.1 Å². The van der Waals surface area contributed by atoms with Crippen LogP contribution in [0.4, 0.5) is 11.4 Å². The van der Waals surface area contributed by atoms with Gasteiger partial charge in [-0.3, -0.25) is 4.79 Å². The van der Waals surface area contributed by atoms with Gasteiger partial charge in [0.25, 0.3) is 5.91 Å². The zero-order valence-electron chi connectivity index (χ0n) is 11.0. The molecule has 0 aliphatic rings. The number of benzene rings is 1. The molecule has 0 bridgehead atoms. The summed E-state index contributed by atoms with van der Waals surface area (Å²) in [4.78, 5) is 20.4. The van der Waals surface area contributed by atoms with Gasteiger partial charge in [0.05, 0.1) is 17.9 Å². The van der Waals surface area contributed by atoms with Gasteiger partial charge in [-0.25, -0.2) is 4.98 Å². The van der Waals surface area contributed by atoms with Crippen LogP contribution in [0.15, 0.2) is 30.6 Å². The lowest BCUT2D eigenvalue weighted by molar-refractivity contribution is 0.0827. The number of aromatic amines is 1. The van der Waals surface area contributed by atoms with Crippen LogP contribution in [0.3, 0.4) is 0 Å². The number of nitrogens with zero attached hydrogens (tertiary/aromatic N) is 2. The quantitative estimate of drug-likeness (QED) is 0.722. The maximum Gasteiger partial charge on any atom is 0.253 e. The first kappa shape index (κ1) is 12.9. The third-order valence-electron chi connectivity index (χ3n) is 2.71. The van der Waals surface area contributed by atoms with Gasteiger partial charge in [-0.2, -0.15) is 0 Å². The summed E-state index contributed by atoms with van der Waals surface area (Å²) in [5.41, 5.74) is 7.83.